The second-order valence-corrected chi connectivity index (χ2v) is 4.64. The van der Waals surface area contributed by atoms with E-state index in [1.807, 2.05) is 6.92 Å². The molecule has 0 N–H and O–H groups in total. The van der Waals surface area contributed by atoms with Gasteiger partial charge in [0.2, 0.25) is 0 Å². The van der Waals surface area contributed by atoms with Crippen molar-refractivity contribution in [1.82, 2.24) is 0 Å². The Morgan fingerprint density at radius 1 is 0.688 bits per heavy atom. The molecule has 0 aliphatic rings. The zero-order valence-electron chi connectivity index (χ0n) is 11.5. The number of rotatable bonds is 13. The van der Waals surface area contributed by atoms with Crippen LogP contribution in [0, 0.1) is 6.61 Å². The summed E-state index contributed by atoms with van der Waals surface area (Å²) in [4.78, 5) is 0. The molecule has 0 amide bonds. The first-order valence-corrected chi connectivity index (χ1v) is 7.31. The molecule has 0 aliphatic heterocycles. The van der Waals surface area contributed by atoms with E-state index in [0.717, 1.165) is 6.61 Å². The lowest BCUT2D eigenvalue weighted by Gasteiger charge is -2.02. The maximum absolute atomic E-state index is 5.19. The SMILES string of the molecule is C[CH]OCCCCCCCCCCCCC. The van der Waals surface area contributed by atoms with Crippen LogP contribution in [0.25, 0.3) is 0 Å². The van der Waals surface area contributed by atoms with Crippen molar-refractivity contribution in [2.75, 3.05) is 6.61 Å². The first-order chi connectivity index (χ1) is 7.91. The van der Waals surface area contributed by atoms with Crippen molar-refractivity contribution >= 4 is 0 Å². The number of hydrogen-bond acceptors (Lipinski definition) is 1. The van der Waals surface area contributed by atoms with Crippen molar-refractivity contribution in [2.45, 2.75) is 84.5 Å². The van der Waals surface area contributed by atoms with E-state index in [1.165, 1.54) is 70.6 Å². The number of ether oxygens (including phenoxy) is 1. The van der Waals surface area contributed by atoms with Gasteiger partial charge in [0.1, 0.15) is 0 Å². The molecule has 0 rings (SSSR count). The standard InChI is InChI=1S/C15H31O/c1-3-5-6-7-8-9-10-11-12-13-14-15-16-4-2/h4H,3,5-15H2,1-2H3. The molecule has 0 aliphatic carbocycles. The largest absolute Gasteiger partial charge is 0.376 e. The van der Waals surface area contributed by atoms with Crippen LogP contribution in [0.4, 0.5) is 0 Å². The number of unbranched alkanes of at least 4 members (excludes halogenated alkanes) is 10. The Labute approximate surface area is 103 Å². The van der Waals surface area contributed by atoms with Gasteiger partial charge in [0.25, 0.3) is 0 Å². The summed E-state index contributed by atoms with van der Waals surface area (Å²) in [7, 11) is 0. The van der Waals surface area contributed by atoms with Gasteiger partial charge in [0.15, 0.2) is 0 Å². The summed E-state index contributed by atoms with van der Waals surface area (Å²) in [6, 6.07) is 0. The fraction of sp³-hybridized carbons (Fsp3) is 0.933. The minimum absolute atomic E-state index is 0.910. The molecule has 1 radical (unpaired) electrons. The highest BCUT2D eigenvalue weighted by atomic mass is 16.5. The molecule has 0 fully saturated rings. The third kappa shape index (κ3) is 14.0. The zero-order valence-corrected chi connectivity index (χ0v) is 11.5. The predicted molar refractivity (Wildman–Crippen MR) is 72.4 cm³/mol. The van der Waals surface area contributed by atoms with Crippen LogP contribution < -0.4 is 0 Å². The quantitative estimate of drug-likeness (QED) is 0.378. The molecule has 0 heterocycles. The number of hydrogen-bond donors (Lipinski definition) is 0. The van der Waals surface area contributed by atoms with Gasteiger partial charge in [0, 0.05) is 6.61 Å². The maximum Gasteiger partial charge on any atom is 0.0805 e. The lowest BCUT2D eigenvalue weighted by atomic mass is 10.1. The van der Waals surface area contributed by atoms with Gasteiger partial charge >= 0.3 is 0 Å². The monoisotopic (exact) mass is 227 g/mol. The van der Waals surface area contributed by atoms with Gasteiger partial charge in [-0.3, -0.25) is 0 Å². The molecule has 1 nitrogen and oxygen atoms in total. The Hall–Kier alpha value is -0.0400. The highest BCUT2D eigenvalue weighted by molar-refractivity contribution is 4.48. The van der Waals surface area contributed by atoms with E-state index in [0.29, 0.717) is 0 Å². The summed E-state index contributed by atoms with van der Waals surface area (Å²) in [6.07, 6.45) is 15.4. The van der Waals surface area contributed by atoms with E-state index < -0.39 is 0 Å². The van der Waals surface area contributed by atoms with Crippen molar-refractivity contribution in [2.24, 2.45) is 0 Å². The average Bonchev–Trinajstić information content (AvgIpc) is 2.31. The van der Waals surface area contributed by atoms with E-state index in [9.17, 15) is 0 Å². The minimum Gasteiger partial charge on any atom is -0.376 e. The summed E-state index contributed by atoms with van der Waals surface area (Å²) in [5.41, 5.74) is 0. The Bertz CT molecular complexity index is 98.0. The molecule has 16 heavy (non-hydrogen) atoms. The maximum atomic E-state index is 5.19. The Morgan fingerprint density at radius 3 is 1.56 bits per heavy atom. The molecule has 0 unspecified atom stereocenters. The van der Waals surface area contributed by atoms with Gasteiger partial charge in [-0.15, -0.1) is 0 Å². The molecule has 0 aromatic carbocycles. The Morgan fingerprint density at radius 2 is 1.12 bits per heavy atom. The lowest BCUT2D eigenvalue weighted by Crippen LogP contribution is -1.89. The molecular weight excluding hydrogens is 196 g/mol. The highest BCUT2D eigenvalue weighted by Crippen LogP contribution is 2.11. The van der Waals surface area contributed by atoms with Crippen LogP contribution in [-0.4, -0.2) is 6.61 Å². The van der Waals surface area contributed by atoms with Crippen molar-refractivity contribution in [3.8, 4) is 0 Å². The van der Waals surface area contributed by atoms with E-state index in [4.69, 9.17) is 4.74 Å². The van der Waals surface area contributed by atoms with Crippen molar-refractivity contribution in [3.63, 3.8) is 0 Å². The van der Waals surface area contributed by atoms with E-state index in [1.54, 1.807) is 6.61 Å². The van der Waals surface area contributed by atoms with E-state index in [2.05, 4.69) is 6.92 Å². The molecule has 0 aromatic heterocycles. The first-order valence-electron chi connectivity index (χ1n) is 7.31. The summed E-state index contributed by atoms with van der Waals surface area (Å²) in [6.45, 7) is 6.92. The van der Waals surface area contributed by atoms with Gasteiger partial charge in [-0.1, -0.05) is 71.1 Å². The molecule has 0 aromatic rings. The lowest BCUT2D eigenvalue weighted by molar-refractivity contribution is 0.197. The second kappa shape index (κ2) is 15.0. The fourth-order valence-corrected chi connectivity index (χ4v) is 1.97. The fourth-order valence-electron chi connectivity index (χ4n) is 1.97. The van der Waals surface area contributed by atoms with Crippen LogP contribution in [0.3, 0.4) is 0 Å². The average molecular weight is 227 g/mol. The molecule has 0 bridgehead atoms. The molecule has 0 atom stereocenters. The van der Waals surface area contributed by atoms with Gasteiger partial charge < -0.3 is 4.74 Å². The smallest absolute Gasteiger partial charge is 0.0805 e. The highest BCUT2D eigenvalue weighted by Gasteiger charge is 1.92. The van der Waals surface area contributed by atoms with Crippen LogP contribution in [-0.2, 0) is 4.74 Å². The topological polar surface area (TPSA) is 9.23 Å². The molecule has 0 saturated heterocycles. The van der Waals surface area contributed by atoms with Crippen LogP contribution in [0.15, 0.2) is 0 Å². The third-order valence-corrected chi connectivity index (χ3v) is 3.03. The molecule has 0 spiro atoms. The third-order valence-electron chi connectivity index (χ3n) is 3.03. The van der Waals surface area contributed by atoms with Gasteiger partial charge in [-0.25, -0.2) is 0 Å². The summed E-state index contributed by atoms with van der Waals surface area (Å²) < 4.78 is 5.19. The van der Waals surface area contributed by atoms with Crippen molar-refractivity contribution < 1.29 is 4.74 Å². The summed E-state index contributed by atoms with van der Waals surface area (Å²) >= 11 is 0. The van der Waals surface area contributed by atoms with Gasteiger partial charge in [0.05, 0.1) is 6.61 Å². The minimum atomic E-state index is 0.910. The van der Waals surface area contributed by atoms with E-state index in [-0.39, 0.29) is 0 Å². The summed E-state index contributed by atoms with van der Waals surface area (Å²) in [5.74, 6) is 0. The molecule has 1 heteroatoms. The second-order valence-electron chi connectivity index (χ2n) is 4.64. The van der Waals surface area contributed by atoms with E-state index >= 15 is 0 Å². The van der Waals surface area contributed by atoms with Crippen LogP contribution >= 0.6 is 0 Å². The summed E-state index contributed by atoms with van der Waals surface area (Å²) in [5, 5.41) is 0. The van der Waals surface area contributed by atoms with Crippen LogP contribution in [0.1, 0.15) is 84.5 Å². The normalized spacial score (nSPS) is 10.9. The van der Waals surface area contributed by atoms with Crippen LogP contribution in [0.2, 0.25) is 0 Å². The van der Waals surface area contributed by atoms with Crippen molar-refractivity contribution in [1.29, 1.82) is 0 Å². The zero-order chi connectivity index (χ0) is 11.9. The Balaban J connectivity index is 2.83. The molecule has 0 saturated carbocycles. The van der Waals surface area contributed by atoms with Crippen LogP contribution in [0.5, 0.6) is 0 Å². The molecule has 97 valence electrons. The van der Waals surface area contributed by atoms with Gasteiger partial charge in [-0.05, 0) is 13.3 Å². The van der Waals surface area contributed by atoms with Crippen molar-refractivity contribution in [3.05, 3.63) is 6.61 Å². The molecular formula is C15H31O. The predicted octanol–water partition coefficient (Wildman–Crippen LogP) is 5.50. The Kier molecular flexibility index (Phi) is 14.9. The van der Waals surface area contributed by atoms with Gasteiger partial charge in [-0.2, -0.15) is 0 Å². The first kappa shape index (κ1) is 16.0.